The number of likely N-dealkylation sites (N-methyl/N-ethyl adjacent to an activating group) is 1. The van der Waals surface area contributed by atoms with Gasteiger partial charge in [0.05, 0.1) is 11.4 Å². The highest BCUT2D eigenvalue weighted by Crippen LogP contribution is 2.61. The van der Waals surface area contributed by atoms with Gasteiger partial charge in [0.2, 0.25) is 15.9 Å². The van der Waals surface area contributed by atoms with Crippen molar-refractivity contribution in [1.29, 1.82) is 0 Å². The van der Waals surface area contributed by atoms with Crippen LogP contribution in [0.4, 0.5) is 4.39 Å². The smallest absolute Gasteiger partial charge is 0.253 e. The van der Waals surface area contributed by atoms with E-state index < -0.39 is 28.3 Å². The molecule has 0 aromatic heterocycles. The van der Waals surface area contributed by atoms with Crippen molar-refractivity contribution in [3.8, 4) is 0 Å². The lowest BCUT2D eigenvalue weighted by Gasteiger charge is -2.56. The highest BCUT2D eigenvalue weighted by Gasteiger charge is 2.51. The van der Waals surface area contributed by atoms with Crippen LogP contribution >= 0.6 is 0 Å². The van der Waals surface area contributed by atoms with Crippen LogP contribution in [0.15, 0.2) is 29.2 Å². The normalized spacial score (nSPS) is 29.8. The Morgan fingerprint density at radius 3 is 2.03 bits per heavy atom. The van der Waals surface area contributed by atoms with Crippen molar-refractivity contribution in [2.24, 2.45) is 23.2 Å². The lowest BCUT2D eigenvalue weighted by molar-refractivity contribution is -0.134. The predicted octanol–water partition coefficient (Wildman–Crippen LogP) is 2.20. The maximum absolute atomic E-state index is 13.0. The van der Waals surface area contributed by atoms with E-state index in [0.29, 0.717) is 6.42 Å². The topological polar surface area (TPSA) is 95.6 Å². The third-order valence-corrected chi connectivity index (χ3v) is 8.75. The van der Waals surface area contributed by atoms with Crippen LogP contribution in [-0.2, 0) is 19.6 Å². The highest BCUT2D eigenvalue weighted by atomic mass is 32.2. The number of sulfonamides is 1. The lowest BCUT2D eigenvalue weighted by atomic mass is 9.49. The largest absolute Gasteiger partial charge is 0.273 e. The molecule has 5 rings (SSSR count). The van der Waals surface area contributed by atoms with Gasteiger partial charge in [-0.05, 0) is 86.0 Å². The average molecular weight is 438 g/mol. The molecule has 164 valence electrons. The molecule has 4 fully saturated rings. The molecule has 4 aliphatic rings. The van der Waals surface area contributed by atoms with Crippen LogP contribution in [0.2, 0.25) is 0 Å². The minimum Gasteiger partial charge on any atom is -0.273 e. The first-order chi connectivity index (χ1) is 14.1. The molecule has 4 aliphatic carbocycles. The van der Waals surface area contributed by atoms with Crippen molar-refractivity contribution in [2.75, 3.05) is 13.6 Å². The summed E-state index contributed by atoms with van der Waals surface area (Å²) >= 11 is 0. The first-order valence-electron chi connectivity index (χ1n) is 10.4. The van der Waals surface area contributed by atoms with Crippen molar-refractivity contribution < 1.29 is 22.4 Å². The number of hydrazine groups is 1. The van der Waals surface area contributed by atoms with Gasteiger partial charge < -0.3 is 0 Å². The lowest BCUT2D eigenvalue weighted by Crippen LogP contribution is -2.51. The molecule has 9 heteroatoms. The van der Waals surface area contributed by atoms with E-state index in [-0.39, 0.29) is 16.2 Å². The Kier molecular flexibility index (Phi) is 5.61. The zero-order chi connectivity index (χ0) is 21.5. The third kappa shape index (κ3) is 4.37. The molecule has 4 saturated carbocycles. The van der Waals surface area contributed by atoms with Crippen molar-refractivity contribution in [1.82, 2.24) is 15.2 Å². The van der Waals surface area contributed by atoms with Gasteiger partial charge >= 0.3 is 0 Å². The predicted molar refractivity (Wildman–Crippen MR) is 108 cm³/mol. The van der Waals surface area contributed by atoms with Gasteiger partial charge in [-0.25, -0.2) is 12.8 Å². The van der Waals surface area contributed by atoms with Gasteiger partial charge in [0, 0.05) is 13.5 Å². The summed E-state index contributed by atoms with van der Waals surface area (Å²) in [7, 11) is -2.67. The summed E-state index contributed by atoms with van der Waals surface area (Å²) in [5.74, 6) is 0.810. The van der Waals surface area contributed by atoms with E-state index in [1.807, 2.05) is 0 Å². The summed E-state index contributed by atoms with van der Waals surface area (Å²) in [6, 6.07) is 4.38. The van der Waals surface area contributed by atoms with Crippen molar-refractivity contribution in [3.05, 3.63) is 30.1 Å². The Labute approximate surface area is 176 Å². The maximum Gasteiger partial charge on any atom is 0.253 e. The van der Waals surface area contributed by atoms with E-state index in [9.17, 15) is 22.4 Å². The molecule has 0 unspecified atom stereocenters. The summed E-state index contributed by atoms with van der Waals surface area (Å²) in [6.07, 6.45) is 7.59. The van der Waals surface area contributed by atoms with Gasteiger partial charge in [-0.3, -0.25) is 20.4 Å². The Balaban J connectivity index is 1.27. The molecule has 0 spiro atoms. The SMILES string of the molecule is CN(CC(=O)NNC(=O)CC12CC3CC(CC(C3)C1)C2)S(=O)(=O)c1ccc(F)cc1. The number of benzene rings is 1. The van der Waals surface area contributed by atoms with E-state index in [4.69, 9.17) is 0 Å². The van der Waals surface area contributed by atoms with E-state index in [1.165, 1.54) is 26.3 Å². The van der Waals surface area contributed by atoms with Gasteiger partial charge in [-0.1, -0.05) is 0 Å². The molecule has 1 aromatic carbocycles. The van der Waals surface area contributed by atoms with Gasteiger partial charge in [0.1, 0.15) is 5.82 Å². The summed E-state index contributed by atoms with van der Waals surface area (Å²) in [4.78, 5) is 24.5. The number of rotatable bonds is 6. The van der Waals surface area contributed by atoms with Crippen molar-refractivity contribution >= 4 is 21.8 Å². The van der Waals surface area contributed by atoms with E-state index in [0.717, 1.165) is 65.6 Å². The van der Waals surface area contributed by atoms with Crippen LogP contribution in [0.25, 0.3) is 0 Å². The zero-order valence-electron chi connectivity index (χ0n) is 17.1. The first-order valence-corrected chi connectivity index (χ1v) is 11.9. The maximum atomic E-state index is 13.0. The first kappa shape index (κ1) is 21.2. The number of hydrogen-bond acceptors (Lipinski definition) is 4. The van der Waals surface area contributed by atoms with Crippen molar-refractivity contribution in [2.45, 2.75) is 49.8 Å². The van der Waals surface area contributed by atoms with Crippen LogP contribution in [0.5, 0.6) is 0 Å². The summed E-state index contributed by atoms with van der Waals surface area (Å²) < 4.78 is 38.8. The second kappa shape index (κ2) is 7.92. The number of carbonyl (C=O) groups is 2. The molecule has 2 amide bonds. The number of halogens is 1. The zero-order valence-corrected chi connectivity index (χ0v) is 17.9. The van der Waals surface area contributed by atoms with Crippen molar-refractivity contribution in [3.63, 3.8) is 0 Å². The fourth-order valence-corrected chi connectivity index (χ4v) is 7.27. The molecule has 0 aliphatic heterocycles. The quantitative estimate of drug-likeness (QED) is 0.667. The van der Waals surface area contributed by atoms with E-state index in [1.54, 1.807) is 0 Å². The average Bonchev–Trinajstić information content (AvgIpc) is 2.65. The standard InChI is InChI=1S/C21H28FN3O4S/c1-25(30(28,29)18-4-2-17(22)3-5-18)13-20(27)24-23-19(26)12-21-9-14-6-15(10-21)8-16(7-14)11-21/h2-5,14-16H,6-13H2,1H3,(H,23,26)(H,24,27). The van der Waals surface area contributed by atoms with Crippen LogP contribution < -0.4 is 10.9 Å². The van der Waals surface area contributed by atoms with Crippen LogP contribution in [0.3, 0.4) is 0 Å². The van der Waals surface area contributed by atoms with Gasteiger partial charge in [0.15, 0.2) is 0 Å². The Hall–Kier alpha value is -2.00. The molecule has 0 heterocycles. The fraction of sp³-hybridized carbons (Fsp3) is 0.619. The molecule has 0 atom stereocenters. The molecule has 0 saturated heterocycles. The van der Waals surface area contributed by atoms with Gasteiger partial charge in [0.25, 0.3) is 5.91 Å². The second-order valence-electron chi connectivity index (χ2n) is 9.41. The summed E-state index contributed by atoms with van der Waals surface area (Å²) in [6.45, 7) is -0.461. The molecular formula is C21H28FN3O4S. The summed E-state index contributed by atoms with van der Waals surface area (Å²) in [5, 5.41) is 0. The number of amides is 2. The number of nitrogens with one attached hydrogen (secondary N) is 2. The van der Waals surface area contributed by atoms with Crippen LogP contribution in [-0.4, -0.2) is 38.1 Å². The van der Waals surface area contributed by atoms with Gasteiger partial charge in [-0.15, -0.1) is 0 Å². The number of nitrogens with zero attached hydrogens (tertiary/aromatic N) is 1. The fourth-order valence-electron chi connectivity index (χ4n) is 6.14. The Bertz CT molecular complexity index is 897. The molecule has 2 N–H and O–H groups in total. The summed E-state index contributed by atoms with van der Waals surface area (Å²) in [5.41, 5.74) is 4.84. The molecule has 0 radical (unpaired) electrons. The van der Waals surface area contributed by atoms with Crippen LogP contribution in [0, 0.1) is 29.0 Å². The molecule has 1 aromatic rings. The Morgan fingerprint density at radius 2 is 1.50 bits per heavy atom. The molecule has 4 bridgehead atoms. The van der Waals surface area contributed by atoms with E-state index in [2.05, 4.69) is 10.9 Å². The number of hydrogen-bond donors (Lipinski definition) is 2. The minimum atomic E-state index is -3.93. The third-order valence-electron chi connectivity index (χ3n) is 6.93. The van der Waals surface area contributed by atoms with Crippen LogP contribution in [0.1, 0.15) is 44.9 Å². The van der Waals surface area contributed by atoms with E-state index >= 15 is 0 Å². The minimum absolute atomic E-state index is 0.0618. The second-order valence-corrected chi connectivity index (χ2v) is 11.5. The number of carbonyl (C=O) groups excluding carboxylic acids is 2. The molecule has 30 heavy (non-hydrogen) atoms. The monoisotopic (exact) mass is 437 g/mol. The molecular weight excluding hydrogens is 409 g/mol. The highest BCUT2D eigenvalue weighted by molar-refractivity contribution is 7.89. The van der Waals surface area contributed by atoms with Gasteiger partial charge in [-0.2, -0.15) is 4.31 Å². The Morgan fingerprint density at radius 1 is 1.00 bits per heavy atom. The molecule has 7 nitrogen and oxygen atoms in total.